The molecule has 0 spiro atoms. The second-order valence-corrected chi connectivity index (χ2v) is 8.96. The van der Waals surface area contributed by atoms with Crippen molar-refractivity contribution in [1.29, 1.82) is 0 Å². The van der Waals surface area contributed by atoms with Gasteiger partial charge in [0, 0.05) is 51.4 Å². The lowest BCUT2D eigenvalue weighted by Crippen LogP contribution is -2.52. The van der Waals surface area contributed by atoms with Crippen LogP contribution in [0.25, 0.3) is 0 Å². The fourth-order valence-electron chi connectivity index (χ4n) is 3.92. The van der Waals surface area contributed by atoms with Gasteiger partial charge in [-0.25, -0.2) is 0 Å². The summed E-state index contributed by atoms with van der Waals surface area (Å²) in [5.41, 5.74) is 3.02. The Kier molecular flexibility index (Phi) is 8.82. The van der Waals surface area contributed by atoms with Gasteiger partial charge in [0.2, 0.25) is 5.91 Å². The van der Waals surface area contributed by atoms with Gasteiger partial charge in [0.15, 0.2) is 0 Å². The van der Waals surface area contributed by atoms with Crippen molar-refractivity contribution < 1.29 is 9.59 Å². The van der Waals surface area contributed by atoms with Crippen LogP contribution in [0.15, 0.2) is 54.6 Å². The quantitative estimate of drug-likeness (QED) is 0.634. The van der Waals surface area contributed by atoms with Crippen LogP contribution in [0, 0.1) is 12.8 Å². The summed E-state index contributed by atoms with van der Waals surface area (Å²) in [6.07, 6.45) is 0. The van der Waals surface area contributed by atoms with E-state index in [9.17, 15) is 9.59 Å². The number of aryl methyl sites for hydroxylation is 1. The molecule has 0 aromatic heterocycles. The van der Waals surface area contributed by atoms with E-state index in [1.165, 1.54) is 5.56 Å². The maximum atomic E-state index is 12.7. The number of benzene rings is 2. The molecule has 2 aromatic rings. The lowest BCUT2D eigenvalue weighted by molar-refractivity contribution is -0.124. The molecule has 0 radical (unpaired) electrons. The van der Waals surface area contributed by atoms with Crippen LogP contribution in [-0.2, 0) is 11.3 Å². The molecule has 2 N–H and O–H groups in total. The molecule has 1 heterocycles. The molecule has 6 heteroatoms. The van der Waals surface area contributed by atoms with Crippen LogP contribution in [0.5, 0.6) is 0 Å². The van der Waals surface area contributed by atoms with Gasteiger partial charge in [-0.2, -0.15) is 0 Å². The Morgan fingerprint density at radius 2 is 1.53 bits per heavy atom. The summed E-state index contributed by atoms with van der Waals surface area (Å²) >= 11 is 0. The molecule has 2 aromatic carbocycles. The number of amides is 2. The number of piperazine rings is 1. The van der Waals surface area contributed by atoms with Crippen molar-refractivity contribution in [3.05, 3.63) is 71.3 Å². The molecular weight excluding hydrogens is 400 g/mol. The lowest BCUT2D eigenvalue weighted by atomic mass is 10.0. The van der Waals surface area contributed by atoms with Gasteiger partial charge in [0.25, 0.3) is 5.91 Å². The Hall–Kier alpha value is -2.70. The molecule has 0 bridgehead atoms. The Morgan fingerprint density at radius 1 is 0.906 bits per heavy atom. The van der Waals surface area contributed by atoms with Gasteiger partial charge in [0.05, 0.1) is 0 Å². The normalized spacial score (nSPS) is 16.0. The molecule has 32 heavy (non-hydrogen) atoms. The number of carbonyl (C=O) groups is 2. The largest absolute Gasteiger partial charge is 0.353 e. The lowest BCUT2D eigenvalue weighted by Gasteiger charge is -2.34. The summed E-state index contributed by atoms with van der Waals surface area (Å²) in [7, 11) is 0. The minimum absolute atomic E-state index is 0.00549. The average molecular weight is 437 g/mol. The number of nitrogens with one attached hydrogen (secondary N) is 2. The zero-order valence-corrected chi connectivity index (χ0v) is 19.5. The van der Waals surface area contributed by atoms with Crippen LogP contribution < -0.4 is 10.6 Å². The summed E-state index contributed by atoms with van der Waals surface area (Å²) in [6.45, 7) is 12.3. The number of hydrogen-bond acceptors (Lipinski definition) is 4. The fourth-order valence-corrected chi connectivity index (χ4v) is 3.92. The molecule has 1 unspecified atom stereocenters. The third-order valence-corrected chi connectivity index (χ3v) is 5.99. The van der Waals surface area contributed by atoms with Crippen LogP contribution in [0.4, 0.5) is 0 Å². The third kappa shape index (κ3) is 7.18. The molecular formula is C26H36N4O2. The zero-order chi connectivity index (χ0) is 22.9. The summed E-state index contributed by atoms with van der Waals surface area (Å²) in [5.74, 6) is -0.331. The highest BCUT2D eigenvalue weighted by atomic mass is 16.2. The van der Waals surface area contributed by atoms with Crippen molar-refractivity contribution >= 4 is 11.8 Å². The molecule has 0 aliphatic carbocycles. The van der Waals surface area contributed by atoms with Crippen LogP contribution in [0.1, 0.15) is 35.3 Å². The summed E-state index contributed by atoms with van der Waals surface area (Å²) in [6, 6.07) is 17.4. The first-order valence-corrected chi connectivity index (χ1v) is 11.6. The van der Waals surface area contributed by atoms with Gasteiger partial charge in [0.1, 0.15) is 6.04 Å². The van der Waals surface area contributed by atoms with Gasteiger partial charge >= 0.3 is 0 Å². The molecule has 6 nitrogen and oxygen atoms in total. The van der Waals surface area contributed by atoms with Crippen molar-refractivity contribution in [2.24, 2.45) is 5.92 Å². The first-order valence-electron chi connectivity index (χ1n) is 11.6. The predicted octanol–water partition coefficient (Wildman–Crippen LogP) is 2.68. The summed E-state index contributed by atoms with van der Waals surface area (Å²) in [4.78, 5) is 30.2. The van der Waals surface area contributed by atoms with Crippen molar-refractivity contribution in [3.8, 4) is 0 Å². The highest BCUT2D eigenvalue weighted by Gasteiger charge is 2.25. The maximum absolute atomic E-state index is 12.7. The van der Waals surface area contributed by atoms with E-state index in [-0.39, 0.29) is 17.7 Å². The third-order valence-electron chi connectivity index (χ3n) is 5.99. The molecule has 172 valence electrons. The minimum Gasteiger partial charge on any atom is -0.353 e. The SMILES string of the molecule is Cc1ccc(C(=O)NC(C(=O)NCCN2CCN(Cc3ccccc3)CC2)C(C)C)cc1. The number of rotatable bonds is 9. The van der Waals surface area contributed by atoms with Gasteiger partial charge < -0.3 is 10.6 Å². The van der Waals surface area contributed by atoms with Gasteiger partial charge in [-0.05, 0) is 30.5 Å². The van der Waals surface area contributed by atoms with E-state index < -0.39 is 6.04 Å². The Balaban J connectivity index is 1.40. The maximum Gasteiger partial charge on any atom is 0.251 e. The smallest absolute Gasteiger partial charge is 0.251 e. The molecule has 2 amide bonds. The van der Waals surface area contributed by atoms with Crippen LogP contribution >= 0.6 is 0 Å². The van der Waals surface area contributed by atoms with Crippen LogP contribution in [0.2, 0.25) is 0 Å². The molecule has 0 saturated carbocycles. The molecule has 1 aliphatic rings. The number of carbonyl (C=O) groups excluding carboxylic acids is 2. The Bertz CT molecular complexity index is 859. The molecule has 1 aliphatic heterocycles. The zero-order valence-electron chi connectivity index (χ0n) is 19.5. The molecule has 3 rings (SSSR count). The highest BCUT2D eigenvalue weighted by Crippen LogP contribution is 2.09. The first-order chi connectivity index (χ1) is 15.4. The topological polar surface area (TPSA) is 64.7 Å². The van der Waals surface area contributed by atoms with Crippen molar-refractivity contribution in [2.75, 3.05) is 39.3 Å². The van der Waals surface area contributed by atoms with Gasteiger partial charge in [-0.1, -0.05) is 61.9 Å². The monoisotopic (exact) mass is 436 g/mol. The van der Waals surface area contributed by atoms with Crippen molar-refractivity contribution in [1.82, 2.24) is 20.4 Å². The van der Waals surface area contributed by atoms with E-state index in [4.69, 9.17) is 0 Å². The number of nitrogens with zero attached hydrogens (tertiary/aromatic N) is 2. The van der Waals surface area contributed by atoms with E-state index in [1.54, 1.807) is 12.1 Å². The first kappa shape index (κ1) is 24.0. The molecule has 1 fully saturated rings. The van der Waals surface area contributed by atoms with Crippen LogP contribution in [0.3, 0.4) is 0 Å². The second kappa shape index (κ2) is 11.8. The molecule has 1 saturated heterocycles. The van der Waals surface area contributed by atoms with Crippen LogP contribution in [-0.4, -0.2) is 66.9 Å². The predicted molar refractivity (Wildman–Crippen MR) is 128 cm³/mol. The Labute approximate surface area is 192 Å². The summed E-state index contributed by atoms with van der Waals surface area (Å²) in [5, 5.41) is 5.92. The standard InChI is InChI=1S/C26H36N4O2/c1-20(2)24(28-25(31)23-11-9-21(3)10-12-23)26(32)27-13-14-29-15-17-30(18-16-29)19-22-7-5-4-6-8-22/h4-12,20,24H,13-19H2,1-3H3,(H,27,32)(H,28,31). The van der Waals surface area contributed by atoms with Gasteiger partial charge in [-0.3, -0.25) is 19.4 Å². The van der Waals surface area contributed by atoms with E-state index >= 15 is 0 Å². The van der Waals surface area contributed by atoms with Gasteiger partial charge in [-0.15, -0.1) is 0 Å². The van der Waals surface area contributed by atoms with E-state index in [1.807, 2.05) is 39.0 Å². The number of hydrogen-bond donors (Lipinski definition) is 2. The highest BCUT2D eigenvalue weighted by molar-refractivity contribution is 5.97. The summed E-state index contributed by atoms with van der Waals surface area (Å²) < 4.78 is 0. The minimum atomic E-state index is -0.550. The Morgan fingerprint density at radius 3 is 2.16 bits per heavy atom. The van der Waals surface area contributed by atoms with E-state index in [2.05, 4.69) is 44.7 Å². The molecule has 1 atom stereocenters. The van der Waals surface area contributed by atoms with Crippen molar-refractivity contribution in [3.63, 3.8) is 0 Å². The second-order valence-electron chi connectivity index (χ2n) is 8.96. The fraction of sp³-hybridized carbons (Fsp3) is 0.462. The van der Waals surface area contributed by atoms with E-state index in [0.29, 0.717) is 12.1 Å². The van der Waals surface area contributed by atoms with E-state index in [0.717, 1.165) is 44.8 Å². The average Bonchev–Trinajstić information content (AvgIpc) is 2.79. The van der Waals surface area contributed by atoms with Crippen molar-refractivity contribution in [2.45, 2.75) is 33.4 Å².